The van der Waals surface area contributed by atoms with Gasteiger partial charge in [-0.15, -0.1) is 0 Å². The lowest BCUT2D eigenvalue weighted by Gasteiger charge is -2.16. The average Bonchev–Trinajstić information content (AvgIpc) is 2.53. The molecule has 0 amide bonds. The highest BCUT2D eigenvalue weighted by Gasteiger charge is 2.15. The van der Waals surface area contributed by atoms with Crippen molar-refractivity contribution in [2.24, 2.45) is 0 Å². The van der Waals surface area contributed by atoms with Crippen LogP contribution in [0.25, 0.3) is 0 Å². The molecule has 13 heavy (non-hydrogen) atoms. The van der Waals surface area contributed by atoms with Gasteiger partial charge in [0.15, 0.2) is 0 Å². The number of pyridine rings is 1. The molecule has 0 bridgehead atoms. The van der Waals surface area contributed by atoms with Crippen molar-refractivity contribution in [1.29, 1.82) is 0 Å². The van der Waals surface area contributed by atoms with Crippen LogP contribution in [0.4, 0.5) is 5.69 Å². The van der Waals surface area contributed by atoms with Crippen molar-refractivity contribution in [2.75, 3.05) is 18.0 Å². The molecule has 0 spiro atoms. The zero-order chi connectivity index (χ0) is 9.26. The average molecular weight is 196 g/mol. The topological polar surface area (TPSA) is 28.2 Å². The van der Waals surface area contributed by atoms with Crippen LogP contribution in [-0.4, -0.2) is 18.1 Å². The third kappa shape index (κ3) is 1.60. The van der Waals surface area contributed by atoms with Gasteiger partial charge in [0.1, 0.15) is 5.15 Å². The molecule has 1 aromatic heterocycles. The highest BCUT2D eigenvalue weighted by molar-refractivity contribution is 6.29. The Kier molecular flexibility index (Phi) is 2.10. The second-order valence-electron chi connectivity index (χ2n) is 2.86. The van der Waals surface area contributed by atoms with Gasteiger partial charge in [-0.25, -0.2) is 4.98 Å². The lowest BCUT2D eigenvalue weighted by molar-refractivity contribution is 0.949. The van der Waals surface area contributed by atoms with E-state index in [1.165, 1.54) is 0 Å². The molecule has 1 aliphatic rings. The van der Waals surface area contributed by atoms with Gasteiger partial charge in [0, 0.05) is 13.1 Å². The van der Waals surface area contributed by atoms with Gasteiger partial charge in [0.2, 0.25) is 0 Å². The highest BCUT2D eigenvalue weighted by atomic mass is 35.5. The van der Waals surface area contributed by atoms with Crippen LogP contribution in [0.15, 0.2) is 30.7 Å². The number of hydrogen-bond donors (Lipinski definition) is 1. The van der Waals surface area contributed by atoms with Crippen LogP contribution < -0.4 is 10.2 Å². The Morgan fingerprint density at radius 2 is 2.38 bits per heavy atom. The van der Waals surface area contributed by atoms with E-state index in [1.807, 2.05) is 6.07 Å². The summed E-state index contributed by atoms with van der Waals surface area (Å²) in [6.07, 6.45) is 1.75. The Morgan fingerprint density at radius 1 is 1.54 bits per heavy atom. The Morgan fingerprint density at radius 3 is 2.92 bits per heavy atom. The van der Waals surface area contributed by atoms with Crippen molar-refractivity contribution in [1.82, 2.24) is 10.3 Å². The molecule has 2 rings (SSSR count). The number of aromatic nitrogens is 1. The van der Waals surface area contributed by atoms with E-state index in [0.717, 1.165) is 24.6 Å². The molecule has 1 aromatic rings. The maximum atomic E-state index is 5.69. The first-order chi connectivity index (χ1) is 6.27. The zero-order valence-electron chi connectivity index (χ0n) is 7.13. The number of nitrogens with one attached hydrogen (secondary N) is 1. The van der Waals surface area contributed by atoms with Crippen LogP contribution in [0.2, 0.25) is 5.15 Å². The number of halogens is 1. The van der Waals surface area contributed by atoms with Gasteiger partial charge in [-0.3, -0.25) is 0 Å². The molecule has 3 nitrogen and oxygen atoms in total. The van der Waals surface area contributed by atoms with Crippen molar-refractivity contribution < 1.29 is 0 Å². The molecule has 1 fully saturated rings. The number of rotatable bonds is 1. The van der Waals surface area contributed by atoms with Gasteiger partial charge in [-0.2, -0.15) is 0 Å². The first-order valence-corrected chi connectivity index (χ1v) is 4.47. The van der Waals surface area contributed by atoms with Crippen LogP contribution in [0, 0.1) is 0 Å². The first kappa shape index (κ1) is 8.38. The standard InChI is InChI=1S/C9H10ClN3/c1-7-11-4-5-13(7)8-2-3-9(10)12-6-8/h2-3,6,11H,1,4-5H2. The summed E-state index contributed by atoms with van der Waals surface area (Å²) in [4.78, 5) is 6.09. The lowest BCUT2D eigenvalue weighted by atomic mass is 10.4. The molecule has 0 radical (unpaired) electrons. The van der Waals surface area contributed by atoms with Crippen LogP contribution in [0.3, 0.4) is 0 Å². The number of anilines is 1. The van der Waals surface area contributed by atoms with E-state index in [4.69, 9.17) is 11.6 Å². The minimum absolute atomic E-state index is 0.515. The molecule has 68 valence electrons. The smallest absolute Gasteiger partial charge is 0.129 e. The Labute approximate surface area is 82.0 Å². The molecule has 0 unspecified atom stereocenters. The fourth-order valence-corrected chi connectivity index (χ4v) is 1.47. The monoisotopic (exact) mass is 195 g/mol. The summed E-state index contributed by atoms with van der Waals surface area (Å²) in [5.41, 5.74) is 1.03. The van der Waals surface area contributed by atoms with E-state index in [0.29, 0.717) is 5.15 Å². The van der Waals surface area contributed by atoms with Gasteiger partial charge in [-0.1, -0.05) is 18.2 Å². The molecule has 0 atom stereocenters. The third-order valence-electron chi connectivity index (χ3n) is 2.01. The first-order valence-electron chi connectivity index (χ1n) is 4.09. The predicted octanol–water partition coefficient (Wildman–Crippen LogP) is 1.62. The molecule has 1 aliphatic heterocycles. The minimum atomic E-state index is 0.515. The summed E-state index contributed by atoms with van der Waals surface area (Å²) in [6.45, 7) is 5.75. The second kappa shape index (κ2) is 3.26. The summed E-state index contributed by atoms with van der Waals surface area (Å²) in [6, 6.07) is 3.72. The van der Waals surface area contributed by atoms with Crippen LogP contribution in [0.5, 0.6) is 0 Å². The summed E-state index contributed by atoms with van der Waals surface area (Å²) in [7, 11) is 0. The zero-order valence-corrected chi connectivity index (χ0v) is 7.88. The van der Waals surface area contributed by atoms with Gasteiger partial charge in [0.05, 0.1) is 17.7 Å². The van der Waals surface area contributed by atoms with Crippen LogP contribution in [-0.2, 0) is 0 Å². The van der Waals surface area contributed by atoms with E-state index in [1.54, 1.807) is 12.3 Å². The van der Waals surface area contributed by atoms with E-state index in [-0.39, 0.29) is 0 Å². The van der Waals surface area contributed by atoms with Crippen molar-refractivity contribution >= 4 is 17.3 Å². The number of nitrogens with zero attached hydrogens (tertiary/aromatic N) is 2. The molecule has 2 heterocycles. The molecular formula is C9H10ClN3. The molecule has 0 aromatic carbocycles. The maximum Gasteiger partial charge on any atom is 0.129 e. The molecular weight excluding hydrogens is 186 g/mol. The van der Waals surface area contributed by atoms with Gasteiger partial charge in [-0.05, 0) is 12.1 Å². The fraction of sp³-hybridized carbons (Fsp3) is 0.222. The summed E-state index contributed by atoms with van der Waals surface area (Å²) >= 11 is 5.69. The van der Waals surface area contributed by atoms with Crippen molar-refractivity contribution in [3.63, 3.8) is 0 Å². The van der Waals surface area contributed by atoms with E-state index < -0.39 is 0 Å². The summed E-state index contributed by atoms with van der Waals surface area (Å²) in [5.74, 6) is 0.920. The van der Waals surface area contributed by atoms with E-state index in [9.17, 15) is 0 Å². The normalized spacial score (nSPS) is 16.1. The molecule has 1 N–H and O–H groups in total. The quantitative estimate of drug-likeness (QED) is 0.691. The van der Waals surface area contributed by atoms with Gasteiger partial charge >= 0.3 is 0 Å². The Bertz CT molecular complexity index is 320. The molecule has 0 saturated carbocycles. The third-order valence-corrected chi connectivity index (χ3v) is 2.24. The second-order valence-corrected chi connectivity index (χ2v) is 3.25. The van der Waals surface area contributed by atoms with Gasteiger partial charge in [0.25, 0.3) is 0 Å². The van der Waals surface area contributed by atoms with Crippen molar-refractivity contribution in [3.8, 4) is 0 Å². The lowest BCUT2D eigenvalue weighted by Crippen LogP contribution is -2.17. The summed E-state index contributed by atoms with van der Waals surface area (Å²) < 4.78 is 0. The molecule has 0 aliphatic carbocycles. The maximum absolute atomic E-state index is 5.69. The Hall–Kier alpha value is -1.22. The van der Waals surface area contributed by atoms with E-state index >= 15 is 0 Å². The van der Waals surface area contributed by atoms with Crippen molar-refractivity contribution in [3.05, 3.63) is 35.9 Å². The van der Waals surface area contributed by atoms with Crippen molar-refractivity contribution in [2.45, 2.75) is 0 Å². The van der Waals surface area contributed by atoms with Gasteiger partial charge < -0.3 is 10.2 Å². The molecule has 1 saturated heterocycles. The summed E-state index contributed by atoms with van der Waals surface area (Å²) in [5, 5.41) is 3.67. The fourth-order valence-electron chi connectivity index (χ4n) is 1.35. The minimum Gasteiger partial charge on any atom is -0.370 e. The SMILES string of the molecule is C=C1NCCN1c1ccc(Cl)nc1. The van der Waals surface area contributed by atoms with E-state index in [2.05, 4.69) is 21.8 Å². The highest BCUT2D eigenvalue weighted by Crippen LogP contribution is 2.19. The predicted molar refractivity (Wildman–Crippen MR) is 53.7 cm³/mol. The largest absolute Gasteiger partial charge is 0.370 e. The number of hydrogen-bond acceptors (Lipinski definition) is 3. The molecule has 4 heteroatoms. The van der Waals surface area contributed by atoms with Crippen LogP contribution in [0.1, 0.15) is 0 Å². The van der Waals surface area contributed by atoms with Crippen LogP contribution >= 0.6 is 11.6 Å². The Balaban J connectivity index is 2.25.